The average Bonchev–Trinajstić information content (AvgIpc) is 2.61. The third kappa shape index (κ3) is 3.96. The van der Waals surface area contributed by atoms with Crippen molar-refractivity contribution in [3.8, 4) is 0 Å². The average molecular weight is 351 g/mol. The van der Waals surface area contributed by atoms with E-state index in [0.29, 0.717) is 5.56 Å². The number of fused-ring (bicyclic) bond motifs is 1. The minimum absolute atomic E-state index is 0.00345. The predicted octanol–water partition coefficient (Wildman–Crippen LogP) is 4.35. The van der Waals surface area contributed by atoms with Gasteiger partial charge in [0.25, 0.3) is 0 Å². The number of hydrogen-bond donors (Lipinski definition) is 1. The highest BCUT2D eigenvalue weighted by atomic mass is 16.5. The van der Waals surface area contributed by atoms with E-state index in [4.69, 9.17) is 4.74 Å². The van der Waals surface area contributed by atoms with Crippen LogP contribution in [0.4, 0.5) is 0 Å². The second-order valence-corrected chi connectivity index (χ2v) is 7.09. The second kappa shape index (κ2) is 7.73. The molecular formula is C22H25NO3. The number of rotatable bonds is 4. The van der Waals surface area contributed by atoms with Crippen LogP contribution in [0.1, 0.15) is 72.6 Å². The van der Waals surface area contributed by atoms with E-state index in [1.54, 1.807) is 6.92 Å². The van der Waals surface area contributed by atoms with Gasteiger partial charge in [0.05, 0.1) is 17.7 Å². The van der Waals surface area contributed by atoms with Crippen LogP contribution in [-0.4, -0.2) is 18.0 Å². The molecule has 1 unspecified atom stereocenters. The van der Waals surface area contributed by atoms with Crippen molar-refractivity contribution in [1.29, 1.82) is 0 Å². The summed E-state index contributed by atoms with van der Waals surface area (Å²) in [6, 6.07) is 16.0. The Morgan fingerprint density at radius 2 is 1.65 bits per heavy atom. The van der Waals surface area contributed by atoms with Crippen LogP contribution in [-0.2, 0) is 9.53 Å². The topological polar surface area (TPSA) is 55.4 Å². The van der Waals surface area contributed by atoms with Gasteiger partial charge < -0.3 is 10.1 Å². The molecule has 0 bridgehead atoms. The van der Waals surface area contributed by atoms with Crippen molar-refractivity contribution in [3.05, 3.63) is 70.8 Å². The molecule has 0 heterocycles. The van der Waals surface area contributed by atoms with Crippen LogP contribution >= 0.6 is 0 Å². The summed E-state index contributed by atoms with van der Waals surface area (Å²) in [5.41, 5.74) is 4.18. The number of esters is 1. The lowest BCUT2D eigenvalue weighted by atomic mass is 9.76. The van der Waals surface area contributed by atoms with E-state index in [1.807, 2.05) is 50.2 Å². The smallest absolute Gasteiger partial charge is 0.338 e. The van der Waals surface area contributed by atoms with Crippen molar-refractivity contribution in [2.75, 3.05) is 0 Å². The van der Waals surface area contributed by atoms with E-state index in [9.17, 15) is 9.59 Å². The minimum atomic E-state index is -0.290. The molecule has 2 atom stereocenters. The first-order valence-electron chi connectivity index (χ1n) is 9.12. The zero-order valence-electron chi connectivity index (χ0n) is 15.5. The summed E-state index contributed by atoms with van der Waals surface area (Å²) in [5, 5.41) is 3.05. The largest absolute Gasteiger partial charge is 0.459 e. The molecule has 3 rings (SSSR count). The summed E-state index contributed by atoms with van der Waals surface area (Å²) in [6.07, 6.45) is 1.73. The van der Waals surface area contributed by atoms with Gasteiger partial charge in [0.2, 0.25) is 5.91 Å². The van der Waals surface area contributed by atoms with Gasteiger partial charge in [0.15, 0.2) is 0 Å². The van der Waals surface area contributed by atoms with Crippen molar-refractivity contribution in [2.45, 2.75) is 51.7 Å². The maximum Gasteiger partial charge on any atom is 0.338 e. The Balaban J connectivity index is 1.85. The maximum atomic E-state index is 12.0. The van der Waals surface area contributed by atoms with Gasteiger partial charge in [-0.1, -0.05) is 36.4 Å². The Bertz CT molecular complexity index is 795. The van der Waals surface area contributed by atoms with Gasteiger partial charge in [0, 0.05) is 12.8 Å². The maximum absolute atomic E-state index is 12.0. The number of hydrogen-bond acceptors (Lipinski definition) is 3. The van der Waals surface area contributed by atoms with E-state index in [0.717, 1.165) is 12.8 Å². The SMILES string of the molecule is CC(=O)NC1CC[C@H](c2ccc(C(=O)OC(C)C)cc2)c2ccccc21. The van der Waals surface area contributed by atoms with Crippen LogP contribution in [0.15, 0.2) is 48.5 Å². The fourth-order valence-corrected chi connectivity index (χ4v) is 3.67. The molecule has 0 aromatic heterocycles. The molecular weight excluding hydrogens is 326 g/mol. The Morgan fingerprint density at radius 1 is 1.00 bits per heavy atom. The van der Waals surface area contributed by atoms with E-state index >= 15 is 0 Å². The molecule has 1 aliphatic rings. The third-order valence-corrected chi connectivity index (χ3v) is 4.76. The first kappa shape index (κ1) is 18.2. The predicted molar refractivity (Wildman–Crippen MR) is 101 cm³/mol. The molecule has 0 saturated heterocycles. The van der Waals surface area contributed by atoms with Gasteiger partial charge >= 0.3 is 5.97 Å². The number of benzene rings is 2. The first-order chi connectivity index (χ1) is 12.5. The molecule has 2 aromatic carbocycles. The zero-order valence-corrected chi connectivity index (χ0v) is 15.5. The van der Waals surface area contributed by atoms with Crippen LogP contribution in [0, 0.1) is 0 Å². The van der Waals surface area contributed by atoms with Gasteiger partial charge in [0.1, 0.15) is 0 Å². The normalized spacial score (nSPS) is 18.9. The van der Waals surface area contributed by atoms with E-state index in [2.05, 4.69) is 17.4 Å². The van der Waals surface area contributed by atoms with Crippen molar-refractivity contribution in [3.63, 3.8) is 0 Å². The van der Waals surface area contributed by atoms with Gasteiger partial charge in [-0.25, -0.2) is 4.79 Å². The van der Waals surface area contributed by atoms with Gasteiger partial charge in [-0.3, -0.25) is 4.79 Å². The fourth-order valence-electron chi connectivity index (χ4n) is 3.67. The Kier molecular flexibility index (Phi) is 5.40. The molecule has 0 radical (unpaired) electrons. The molecule has 1 aliphatic carbocycles. The number of carbonyl (C=O) groups is 2. The summed E-state index contributed by atoms with van der Waals surface area (Å²) in [7, 11) is 0. The van der Waals surface area contributed by atoms with Crippen LogP contribution in [0.2, 0.25) is 0 Å². The van der Waals surface area contributed by atoms with Gasteiger partial charge in [-0.2, -0.15) is 0 Å². The summed E-state index contributed by atoms with van der Waals surface area (Å²) in [4.78, 5) is 23.5. The number of amides is 1. The van der Waals surface area contributed by atoms with Crippen molar-refractivity contribution in [1.82, 2.24) is 5.32 Å². The molecule has 2 aromatic rings. The van der Waals surface area contributed by atoms with Gasteiger partial charge in [-0.15, -0.1) is 0 Å². The van der Waals surface area contributed by atoms with E-state index in [1.165, 1.54) is 16.7 Å². The first-order valence-corrected chi connectivity index (χ1v) is 9.12. The Labute approximate surface area is 154 Å². The van der Waals surface area contributed by atoms with Gasteiger partial charge in [-0.05, 0) is 55.5 Å². The lowest BCUT2D eigenvalue weighted by Gasteiger charge is -2.32. The highest BCUT2D eigenvalue weighted by molar-refractivity contribution is 5.89. The standard InChI is InChI=1S/C22H25NO3/c1-14(2)26-22(25)17-10-8-16(9-11-17)18-12-13-21(23-15(3)24)20-7-5-4-6-19(18)20/h4-11,14,18,21H,12-13H2,1-3H3,(H,23,24)/t18-,21?/m1/s1. The van der Waals surface area contributed by atoms with Crippen LogP contribution < -0.4 is 5.32 Å². The number of carbonyl (C=O) groups excluding carboxylic acids is 2. The molecule has 26 heavy (non-hydrogen) atoms. The molecule has 0 fully saturated rings. The number of ether oxygens (including phenoxy) is 1. The molecule has 136 valence electrons. The molecule has 4 heteroatoms. The summed E-state index contributed by atoms with van der Waals surface area (Å²) >= 11 is 0. The zero-order chi connectivity index (χ0) is 18.7. The lowest BCUT2D eigenvalue weighted by Crippen LogP contribution is -2.30. The molecule has 4 nitrogen and oxygen atoms in total. The van der Waals surface area contributed by atoms with Crippen molar-refractivity contribution >= 4 is 11.9 Å². The van der Waals surface area contributed by atoms with Crippen molar-refractivity contribution < 1.29 is 14.3 Å². The second-order valence-electron chi connectivity index (χ2n) is 7.09. The van der Waals surface area contributed by atoms with Crippen molar-refractivity contribution in [2.24, 2.45) is 0 Å². The third-order valence-electron chi connectivity index (χ3n) is 4.76. The molecule has 0 saturated carbocycles. The molecule has 1 amide bonds. The van der Waals surface area contributed by atoms with Crippen LogP contribution in [0.5, 0.6) is 0 Å². The fraction of sp³-hybridized carbons (Fsp3) is 0.364. The Morgan fingerprint density at radius 3 is 2.27 bits per heavy atom. The highest BCUT2D eigenvalue weighted by Gasteiger charge is 2.28. The van der Waals surface area contributed by atoms with Crippen LogP contribution in [0.25, 0.3) is 0 Å². The van der Waals surface area contributed by atoms with E-state index < -0.39 is 0 Å². The lowest BCUT2D eigenvalue weighted by molar-refractivity contribution is -0.119. The molecule has 0 aliphatic heterocycles. The summed E-state index contributed by atoms with van der Waals surface area (Å²) < 4.78 is 5.25. The van der Waals surface area contributed by atoms with Crippen LogP contribution in [0.3, 0.4) is 0 Å². The monoisotopic (exact) mass is 351 g/mol. The number of nitrogens with one attached hydrogen (secondary N) is 1. The minimum Gasteiger partial charge on any atom is -0.459 e. The van der Waals surface area contributed by atoms with E-state index in [-0.39, 0.29) is 29.9 Å². The highest BCUT2D eigenvalue weighted by Crippen LogP contribution is 2.41. The summed E-state index contributed by atoms with van der Waals surface area (Å²) in [5.74, 6) is -0.0241. The summed E-state index contributed by atoms with van der Waals surface area (Å²) in [6.45, 7) is 5.25. The Hall–Kier alpha value is -2.62. The molecule has 0 spiro atoms. The molecule has 1 N–H and O–H groups in total. The quantitative estimate of drug-likeness (QED) is 0.833.